The Morgan fingerprint density at radius 3 is 2.54 bits per heavy atom. The number of aromatic nitrogens is 2. The highest BCUT2D eigenvalue weighted by molar-refractivity contribution is 7.26. The fourth-order valence-electron chi connectivity index (χ4n) is 2.26. The zero-order valence-electron chi connectivity index (χ0n) is 8.21. The van der Waals surface area contributed by atoms with E-state index in [0.717, 1.165) is 0 Å². The van der Waals surface area contributed by atoms with E-state index in [9.17, 15) is 0 Å². The van der Waals surface area contributed by atoms with Gasteiger partial charge in [0.2, 0.25) is 0 Å². The van der Waals surface area contributed by atoms with Crippen molar-refractivity contribution in [2.75, 3.05) is 0 Å². The van der Waals surface area contributed by atoms with Gasteiger partial charge in [-0.1, -0.05) is 32.6 Å². The molecule has 1 saturated carbocycles. The van der Waals surface area contributed by atoms with Gasteiger partial charge >= 0.3 is 0 Å². The zero-order valence-corrected chi connectivity index (χ0v) is 9.11. The lowest BCUT2D eigenvalue weighted by Gasteiger charge is -2.25. The van der Waals surface area contributed by atoms with Crippen LogP contribution in [0.1, 0.15) is 50.7 Å². The molecule has 0 amide bonds. The lowest BCUT2D eigenvalue weighted by molar-refractivity contribution is 0.417. The highest BCUT2D eigenvalue weighted by Crippen LogP contribution is 2.40. The summed E-state index contributed by atoms with van der Waals surface area (Å²) in [4.78, 5) is 3.02. The van der Waals surface area contributed by atoms with Crippen LogP contribution in [0.15, 0.2) is 6.20 Å². The average Bonchev–Trinajstić information content (AvgIpc) is 2.57. The molecule has 0 spiro atoms. The van der Waals surface area contributed by atoms with E-state index in [1.807, 2.05) is 6.20 Å². The van der Waals surface area contributed by atoms with Crippen molar-refractivity contribution in [3.8, 4) is 0 Å². The first-order chi connectivity index (χ1) is 6.31. The third-order valence-electron chi connectivity index (χ3n) is 3.24. The first kappa shape index (κ1) is 9.21. The number of hydrogen-bond acceptors (Lipinski definition) is 1. The topological polar surface area (TPSA) is 28.7 Å². The van der Waals surface area contributed by atoms with Crippen LogP contribution in [0.25, 0.3) is 0 Å². The maximum atomic E-state index is 4.09. The maximum Gasteiger partial charge on any atom is 0.0573 e. The van der Waals surface area contributed by atoms with Gasteiger partial charge < -0.3 is 0 Å². The summed E-state index contributed by atoms with van der Waals surface area (Å²) >= 11 is 0. The molecule has 0 atom stereocenters. The van der Waals surface area contributed by atoms with Crippen molar-refractivity contribution in [3.63, 3.8) is 0 Å². The molecule has 1 aliphatic rings. The number of hydrogen-bond donors (Lipinski definition) is 1. The van der Waals surface area contributed by atoms with Crippen LogP contribution in [0, 0.1) is 0 Å². The molecule has 0 bridgehead atoms. The van der Waals surface area contributed by atoms with E-state index < -0.39 is 0 Å². The van der Waals surface area contributed by atoms with Gasteiger partial charge in [0.05, 0.1) is 6.20 Å². The summed E-state index contributed by atoms with van der Waals surface area (Å²) in [6, 6.07) is 0. The molecule has 2 rings (SSSR count). The van der Waals surface area contributed by atoms with Gasteiger partial charge in [0.1, 0.15) is 0 Å². The molecule has 1 fully saturated rings. The summed E-state index contributed by atoms with van der Waals surface area (Å²) < 4.78 is 0. The molecule has 1 heterocycles. The third-order valence-corrected chi connectivity index (χ3v) is 4.35. The SMILES string of the molecule is CC1(c2cn[nH]p2)CCCCCC1. The van der Waals surface area contributed by atoms with Crippen LogP contribution in [0.3, 0.4) is 0 Å². The first-order valence-electron chi connectivity index (χ1n) is 5.17. The zero-order chi connectivity index (χ0) is 9.15. The molecule has 0 saturated heterocycles. The molecule has 0 unspecified atom stereocenters. The van der Waals surface area contributed by atoms with E-state index in [1.165, 1.54) is 52.2 Å². The van der Waals surface area contributed by atoms with Gasteiger partial charge in [-0.15, -0.1) is 0 Å². The quantitative estimate of drug-likeness (QED) is 0.683. The second-order valence-corrected chi connectivity index (χ2v) is 5.24. The van der Waals surface area contributed by atoms with Gasteiger partial charge in [-0.25, -0.2) is 0 Å². The monoisotopic (exact) mass is 196 g/mol. The van der Waals surface area contributed by atoms with Crippen molar-refractivity contribution >= 4 is 8.35 Å². The Hall–Kier alpha value is -0.360. The van der Waals surface area contributed by atoms with Crippen LogP contribution in [0.5, 0.6) is 0 Å². The number of rotatable bonds is 1. The Labute approximate surface area is 81.3 Å². The van der Waals surface area contributed by atoms with E-state index >= 15 is 0 Å². The summed E-state index contributed by atoms with van der Waals surface area (Å²) in [5.41, 5.74) is 0.436. The van der Waals surface area contributed by atoms with Crippen molar-refractivity contribution in [3.05, 3.63) is 11.5 Å². The number of H-pyrrole nitrogens is 1. The molecule has 1 aromatic rings. The van der Waals surface area contributed by atoms with Crippen molar-refractivity contribution in [1.82, 2.24) is 9.96 Å². The van der Waals surface area contributed by atoms with Crippen LogP contribution in [-0.4, -0.2) is 9.96 Å². The summed E-state index contributed by atoms with van der Waals surface area (Å²) in [5.74, 6) is 0. The minimum Gasteiger partial charge on any atom is -0.260 e. The molecule has 0 radical (unpaired) electrons. The predicted octanol–water partition coefficient (Wildman–Crippen LogP) is 3.60. The lowest BCUT2D eigenvalue weighted by Crippen LogP contribution is -2.18. The standard InChI is InChI=1S/C10H17N2P/c1-10(9-8-11-12-13-9)6-4-2-3-5-7-10/h8H,2-7H2,1H3,(H,11,12). The molecule has 0 aromatic carbocycles. The lowest BCUT2D eigenvalue weighted by atomic mass is 9.81. The smallest absolute Gasteiger partial charge is 0.0573 e. The maximum absolute atomic E-state index is 4.09. The van der Waals surface area contributed by atoms with Gasteiger partial charge in [-0.2, -0.15) is 5.10 Å². The molecule has 72 valence electrons. The van der Waals surface area contributed by atoms with Crippen molar-refractivity contribution < 1.29 is 0 Å². The Morgan fingerprint density at radius 2 is 2.00 bits per heavy atom. The summed E-state index contributed by atoms with van der Waals surface area (Å²) in [6.45, 7) is 2.40. The van der Waals surface area contributed by atoms with E-state index in [0.29, 0.717) is 5.41 Å². The van der Waals surface area contributed by atoms with Gasteiger partial charge in [0.15, 0.2) is 0 Å². The number of aromatic amines is 1. The Bertz CT molecular complexity index is 248. The first-order valence-corrected chi connectivity index (χ1v) is 6.07. The van der Waals surface area contributed by atoms with Gasteiger partial charge in [0, 0.05) is 13.6 Å². The van der Waals surface area contributed by atoms with Gasteiger partial charge in [-0.05, 0) is 18.3 Å². The second-order valence-electron chi connectivity index (χ2n) is 4.33. The Morgan fingerprint density at radius 1 is 1.31 bits per heavy atom. The molecule has 1 aliphatic carbocycles. The highest BCUT2D eigenvalue weighted by Gasteiger charge is 2.28. The predicted molar refractivity (Wildman–Crippen MR) is 56.2 cm³/mol. The van der Waals surface area contributed by atoms with Crippen LogP contribution in [0.4, 0.5) is 0 Å². The molecular formula is C10H17N2P. The van der Waals surface area contributed by atoms with E-state index in [4.69, 9.17) is 0 Å². The molecule has 2 nitrogen and oxygen atoms in total. The molecular weight excluding hydrogens is 179 g/mol. The fraction of sp³-hybridized carbons (Fsp3) is 0.800. The molecule has 13 heavy (non-hydrogen) atoms. The fourth-order valence-corrected chi connectivity index (χ4v) is 3.09. The number of nitrogens with one attached hydrogen (secondary N) is 1. The minimum atomic E-state index is 0.436. The molecule has 3 heteroatoms. The molecule has 0 aliphatic heterocycles. The van der Waals surface area contributed by atoms with Crippen molar-refractivity contribution in [2.24, 2.45) is 0 Å². The second kappa shape index (κ2) is 3.79. The largest absolute Gasteiger partial charge is 0.260 e. The summed E-state index contributed by atoms with van der Waals surface area (Å²) in [7, 11) is 1.22. The normalized spacial score (nSPS) is 23.2. The van der Waals surface area contributed by atoms with E-state index in [2.05, 4.69) is 16.9 Å². The van der Waals surface area contributed by atoms with Gasteiger partial charge in [-0.3, -0.25) is 4.86 Å². The highest BCUT2D eigenvalue weighted by atomic mass is 31.0. The summed E-state index contributed by atoms with van der Waals surface area (Å²) in [5, 5.41) is 5.59. The van der Waals surface area contributed by atoms with Crippen LogP contribution < -0.4 is 0 Å². The van der Waals surface area contributed by atoms with E-state index in [-0.39, 0.29) is 0 Å². The van der Waals surface area contributed by atoms with Crippen LogP contribution in [0.2, 0.25) is 0 Å². The van der Waals surface area contributed by atoms with Crippen LogP contribution >= 0.6 is 8.35 Å². The number of nitrogens with zero attached hydrogens (tertiary/aromatic N) is 1. The Kier molecular flexibility index (Phi) is 2.69. The minimum absolute atomic E-state index is 0.436. The van der Waals surface area contributed by atoms with E-state index in [1.54, 1.807) is 0 Å². The summed E-state index contributed by atoms with van der Waals surface area (Å²) in [6.07, 6.45) is 10.4. The van der Waals surface area contributed by atoms with Crippen LogP contribution in [-0.2, 0) is 5.41 Å². The van der Waals surface area contributed by atoms with Gasteiger partial charge in [0.25, 0.3) is 0 Å². The molecule has 1 aromatic heterocycles. The average molecular weight is 196 g/mol. The van der Waals surface area contributed by atoms with Crippen molar-refractivity contribution in [2.45, 2.75) is 50.9 Å². The molecule has 1 N–H and O–H groups in total. The Balaban J connectivity index is 2.17. The van der Waals surface area contributed by atoms with Crippen molar-refractivity contribution in [1.29, 1.82) is 0 Å². The third kappa shape index (κ3) is 1.94.